The molecule has 0 saturated carbocycles. The van der Waals surface area contributed by atoms with Crippen molar-refractivity contribution >= 4 is 18.1 Å². The van der Waals surface area contributed by atoms with Crippen molar-refractivity contribution in [3.63, 3.8) is 0 Å². The van der Waals surface area contributed by atoms with Crippen LogP contribution in [0.5, 0.6) is 0 Å². The second-order valence-corrected chi connectivity index (χ2v) is 4.24. The molecule has 2 heterocycles. The summed E-state index contributed by atoms with van der Waals surface area (Å²) in [7, 11) is 1.44. The van der Waals surface area contributed by atoms with Gasteiger partial charge in [-0.2, -0.15) is 23.4 Å². The Morgan fingerprint density at radius 3 is 2.67 bits per heavy atom. The summed E-state index contributed by atoms with van der Waals surface area (Å²) in [5, 5.41) is 19.0. The summed E-state index contributed by atoms with van der Waals surface area (Å²) in [6.45, 7) is 0.276. The Morgan fingerprint density at radius 2 is 2.05 bits per heavy atom. The molecule has 2 aromatic rings. The maximum absolute atomic E-state index is 12.7. The minimum atomic E-state index is -4.47. The largest absolute Gasteiger partial charge is 0.435 e. The van der Waals surface area contributed by atoms with Gasteiger partial charge < -0.3 is 10.4 Å². The average molecular weight is 326 g/mol. The third-order valence-corrected chi connectivity index (χ3v) is 2.62. The molecule has 0 spiro atoms. The Bertz CT molecular complexity index is 581. The fourth-order valence-corrected chi connectivity index (χ4v) is 1.78. The molecule has 2 rings (SSSR count). The molecule has 0 radical (unpaired) electrons. The van der Waals surface area contributed by atoms with Gasteiger partial charge in [-0.1, -0.05) is 0 Å². The van der Waals surface area contributed by atoms with Gasteiger partial charge in [0.05, 0.1) is 25.0 Å². The van der Waals surface area contributed by atoms with Crippen LogP contribution in [0.2, 0.25) is 0 Å². The van der Waals surface area contributed by atoms with E-state index < -0.39 is 11.9 Å². The predicted molar refractivity (Wildman–Crippen MR) is 72.1 cm³/mol. The number of hydrogen-bond acceptors (Lipinski definition) is 4. The van der Waals surface area contributed by atoms with Crippen LogP contribution in [0.4, 0.5) is 18.9 Å². The van der Waals surface area contributed by atoms with Gasteiger partial charge in [-0.25, -0.2) is 0 Å². The van der Waals surface area contributed by atoms with Crippen LogP contribution in [0.15, 0.2) is 18.6 Å². The second-order valence-electron chi connectivity index (χ2n) is 4.24. The summed E-state index contributed by atoms with van der Waals surface area (Å²) in [6.07, 6.45) is -0.0492. The van der Waals surface area contributed by atoms with E-state index in [1.54, 1.807) is 6.20 Å². The summed E-state index contributed by atoms with van der Waals surface area (Å²) in [6, 6.07) is 0. The molecule has 0 aliphatic rings. The van der Waals surface area contributed by atoms with E-state index in [2.05, 4.69) is 15.5 Å². The van der Waals surface area contributed by atoms with Gasteiger partial charge in [-0.15, -0.1) is 12.4 Å². The van der Waals surface area contributed by atoms with E-state index in [0.29, 0.717) is 12.2 Å². The molecule has 0 saturated heterocycles. The van der Waals surface area contributed by atoms with Crippen LogP contribution in [-0.4, -0.2) is 31.3 Å². The number of hydrogen-bond donors (Lipinski definition) is 2. The van der Waals surface area contributed by atoms with Crippen LogP contribution in [-0.2, 0) is 26.3 Å². The minimum absolute atomic E-state index is 0. The highest BCUT2D eigenvalue weighted by Gasteiger charge is 2.36. The van der Waals surface area contributed by atoms with E-state index in [9.17, 15) is 13.2 Å². The van der Waals surface area contributed by atoms with Gasteiger partial charge in [0, 0.05) is 31.5 Å². The maximum atomic E-state index is 12.7. The van der Waals surface area contributed by atoms with E-state index in [0.717, 1.165) is 4.68 Å². The smallest absolute Gasteiger partial charge is 0.394 e. The van der Waals surface area contributed by atoms with Crippen molar-refractivity contribution < 1.29 is 18.3 Å². The van der Waals surface area contributed by atoms with Crippen LogP contribution < -0.4 is 5.32 Å². The highest BCUT2D eigenvalue weighted by Crippen LogP contribution is 2.30. The van der Waals surface area contributed by atoms with Gasteiger partial charge in [0.1, 0.15) is 0 Å². The molecule has 0 atom stereocenters. The summed E-state index contributed by atoms with van der Waals surface area (Å²) in [4.78, 5) is 0. The number of aliphatic hydroxyl groups is 1. The Morgan fingerprint density at radius 1 is 1.33 bits per heavy atom. The zero-order valence-corrected chi connectivity index (χ0v) is 11.9. The molecule has 10 heteroatoms. The standard InChI is InChI=1S/C11H14F3N5O.ClH/c1-18-6-8(10(17-18)11(12,13)14)4-15-9-5-16-19(7-9)2-3-20;/h5-7,15,20H,2-4H2,1H3;1H. The molecular formula is C11H15ClF3N5O. The van der Waals surface area contributed by atoms with E-state index >= 15 is 0 Å². The number of nitrogens with one attached hydrogen (secondary N) is 1. The molecule has 2 aromatic heterocycles. The van der Waals surface area contributed by atoms with Crippen molar-refractivity contribution in [2.24, 2.45) is 7.05 Å². The van der Waals surface area contributed by atoms with Crippen molar-refractivity contribution in [2.75, 3.05) is 11.9 Å². The van der Waals surface area contributed by atoms with Gasteiger partial charge in [-0.3, -0.25) is 9.36 Å². The van der Waals surface area contributed by atoms with Crippen molar-refractivity contribution in [2.45, 2.75) is 19.3 Å². The lowest BCUT2D eigenvalue weighted by Crippen LogP contribution is -2.11. The van der Waals surface area contributed by atoms with Gasteiger partial charge >= 0.3 is 6.18 Å². The lowest BCUT2D eigenvalue weighted by Gasteiger charge is -2.06. The number of anilines is 1. The Hall–Kier alpha value is -1.74. The molecule has 0 aromatic carbocycles. The van der Waals surface area contributed by atoms with E-state index in [1.165, 1.54) is 24.1 Å². The van der Waals surface area contributed by atoms with Crippen molar-refractivity contribution in [3.8, 4) is 0 Å². The maximum Gasteiger partial charge on any atom is 0.435 e. The first kappa shape index (κ1) is 17.3. The first-order valence-corrected chi connectivity index (χ1v) is 5.87. The number of rotatable bonds is 5. The van der Waals surface area contributed by atoms with Crippen molar-refractivity contribution in [1.82, 2.24) is 19.6 Å². The molecule has 0 fully saturated rings. The topological polar surface area (TPSA) is 67.9 Å². The number of nitrogens with zero attached hydrogens (tertiary/aromatic N) is 4. The van der Waals surface area contributed by atoms with Gasteiger partial charge in [0.25, 0.3) is 0 Å². The molecule has 0 unspecified atom stereocenters. The quantitative estimate of drug-likeness (QED) is 0.877. The van der Waals surface area contributed by atoms with Crippen LogP contribution >= 0.6 is 12.4 Å². The predicted octanol–water partition coefficient (Wildman–Crippen LogP) is 1.66. The highest BCUT2D eigenvalue weighted by atomic mass is 35.5. The highest BCUT2D eigenvalue weighted by molar-refractivity contribution is 5.85. The summed E-state index contributed by atoms with van der Waals surface area (Å²) < 4.78 is 40.9. The molecule has 0 aliphatic heterocycles. The third-order valence-electron chi connectivity index (χ3n) is 2.62. The Kier molecular flexibility index (Phi) is 5.62. The molecular weight excluding hydrogens is 311 g/mol. The summed E-state index contributed by atoms with van der Waals surface area (Å²) >= 11 is 0. The molecule has 21 heavy (non-hydrogen) atoms. The first-order valence-electron chi connectivity index (χ1n) is 5.87. The lowest BCUT2D eigenvalue weighted by molar-refractivity contribution is -0.142. The second kappa shape index (κ2) is 6.81. The number of aryl methyl sites for hydroxylation is 1. The summed E-state index contributed by atoms with van der Waals surface area (Å²) in [5.41, 5.74) is -0.249. The molecule has 118 valence electrons. The van der Waals surface area contributed by atoms with E-state index in [1.807, 2.05) is 0 Å². The zero-order valence-electron chi connectivity index (χ0n) is 11.1. The van der Waals surface area contributed by atoms with Crippen LogP contribution in [0, 0.1) is 0 Å². The minimum Gasteiger partial charge on any atom is -0.394 e. The van der Waals surface area contributed by atoms with Crippen LogP contribution in [0.25, 0.3) is 0 Å². The monoisotopic (exact) mass is 325 g/mol. The molecule has 0 amide bonds. The molecule has 0 bridgehead atoms. The van der Waals surface area contributed by atoms with E-state index in [4.69, 9.17) is 5.11 Å². The summed E-state index contributed by atoms with van der Waals surface area (Å²) in [5.74, 6) is 0. The average Bonchev–Trinajstić information content (AvgIpc) is 2.93. The van der Waals surface area contributed by atoms with Gasteiger partial charge in [0.15, 0.2) is 5.69 Å². The third kappa shape index (κ3) is 4.36. The normalized spacial score (nSPS) is 11.3. The number of alkyl halides is 3. The fraction of sp³-hybridized carbons (Fsp3) is 0.455. The Labute approximate surface area is 125 Å². The van der Waals surface area contributed by atoms with Gasteiger partial charge in [-0.05, 0) is 0 Å². The van der Waals surface area contributed by atoms with Crippen molar-refractivity contribution in [1.29, 1.82) is 0 Å². The number of halogens is 4. The Balaban J connectivity index is 0.00000220. The molecule has 6 nitrogen and oxygen atoms in total. The van der Waals surface area contributed by atoms with Gasteiger partial charge in [0.2, 0.25) is 0 Å². The molecule has 2 N–H and O–H groups in total. The molecule has 0 aliphatic carbocycles. The SMILES string of the molecule is Cl.Cn1cc(CNc2cnn(CCO)c2)c(C(F)(F)F)n1. The lowest BCUT2D eigenvalue weighted by atomic mass is 10.2. The zero-order chi connectivity index (χ0) is 14.8. The number of aromatic nitrogens is 4. The van der Waals surface area contributed by atoms with Crippen LogP contribution in [0.3, 0.4) is 0 Å². The van der Waals surface area contributed by atoms with Crippen molar-refractivity contribution in [3.05, 3.63) is 29.8 Å². The number of aliphatic hydroxyl groups excluding tert-OH is 1. The first-order chi connectivity index (χ1) is 9.40. The van der Waals surface area contributed by atoms with E-state index in [-0.39, 0.29) is 31.1 Å². The fourth-order valence-electron chi connectivity index (χ4n) is 1.78. The van der Waals surface area contributed by atoms with Crippen LogP contribution in [0.1, 0.15) is 11.3 Å².